The molecule has 1 fully saturated rings. The molecule has 4 heteroatoms. The van der Waals surface area contributed by atoms with E-state index in [2.05, 4.69) is 0 Å². The molecular formula is C7H8O4. The summed E-state index contributed by atoms with van der Waals surface area (Å²) in [5.41, 5.74) is 0.362. The monoisotopic (exact) mass is 156 g/mol. The van der Waals surface area contributed by atoms with Gasteiger partial charge in [-0.25, -0.2) is 4.79 Å². The summed E-state index contributed by atoms with van der Waals surface area (Å²) in [5, 5.41) is 8.55. The lowest BCUT2D eigenvalue weighted by Crippen LogP contribution is -2.29. The maximum Gasteiger partial charge on any atom is 0.338 e. The van der Waals surface area contributed by atoms with Gasteiger partial charge in [-0.2, -0.15) is 0 Å². The molecule has 0 amide bonds. The Morgan fingerprint density at radius 3 is 2.91 bits per heavy atom. The summed E-state index contributed by atoms with van der Waals surface area (Å²) in [4.78, 5) is 10.4. The number of hydrogen-bond acceptors (Lipinski definition) is 3. The molecule has 2 heterocycles. The van der Waals surface area contributed by atoms with Crippen molar-refractivity contribution in [3.63, 3.8) is 0 Å². The number of aliphatic carboxylic acids is 1. The Labute approximate surface area is 63.4 Å². The Morgan fingerprint density at radius 1 is 1.82 bits per heavy atom. The van der Waals surface area contributed by atoms with Crippen molar-refractivity contribution >= 4 is 5.97 Å². The predicted octanol–water partition coefficient (Wildman–Crippen LogP) is 0.143. The smallest absolute Gasteiger partial charge is 0.338 e. The molecule has 0 aromatic heterocycles. The van der Waals surface area contributed by atoms with E-state index in [9.17, 15) is 4.79 Å². The molecule has 1 N–H and O–H groups in total. The Bertz CT molecular complexity index is 216. The second-order valence-corrected chi connectivity index (χ2v) is 2.69. The minimum Gasteiger partial charge on any atom is -0.492 e. The van der Waals surface area contributed by atoms with E-state index in [1.54, 1.807) is 0 Å². The minimum absolute atomic E-state index is 0.225. The number of carboxylic acids is 1. The van der Waals surface area contributed by atoms with Gasteiger partial charge >= 0.3 is 5.97 Å². The van der Waals surface area contributed by atoms with Crippen LogP contribution in [0, 0.1) is 0 Å². The van der Waals surface area contributed by atoms with Crippen LogP contribution in [-0.4, -0.2) is 29.9 Å². The van der Waals surface area contributed by atoms with E-state index in [-0.39, 0.29) is 12.2 Å². The Hall–Kier alpha value is -1.03. The van der Waals surface area contributed by atoms with Gasteiger partial charge in [0.25, 0.3) is 0 Å². The van der Waals surface area contributed by atoms with Gasteiger partial charge in [-0.15, -0.1) is 0 Å². The van der Waals surface area contributed by atoms with Gasteiger partial charge in [-0.3, -0.25) is 0 Å². The van der Waals surface area contributed by atoms with Gasteiger partial charge in [0.1, 0.15) is 11.7 Å². The number of carbonyl (C=O) groups is 1. The molecule has 0 spiro atoms. The van der Waals surface area contributed by atoms with Crippen molar-refractivity contribution in [3.05, 3.63) is 11.8 Å². The topological polar surface area (TPSA) is 59.1 Å². The largest absolute Gasteiger partial charge is 0.492 e. The molecule has 11 heavy (non-hydrogen) atoms. The van der Waals surface area contributed by atoms with E-state index in [1.165, 1.54) is 6.26 Å². The molecular weight excluding hydrogens is 148 g/mol. The van der Waals surface area contributed by atoms with E-state index in [0.717, 1.165) is 6.61 Å². The number of epoxide rings is 1. The highest BCUT2D eigenvalue weighted by Crippen LogP contribution is 2.27. The van der Waals surface area contributed by atoms with E-state index in [0.29, 0.717) is 12.0 Å². The lowest BCUT2D eigenvalue weighted by molar-refractivity contribution is -0.135. The zero-order valence-corrected chi connectivity index (χ0v) is 5.82. The zero-order chi connectivity index (χ0) is 7.84. The molecule has 1 saturated heterocycles. The van der Waals surface area contributed by atoms with E-state index < -0.39 is 5.97 Å². The summed E-state index contributed by atoms with van der Waals surface area (Å²) in [6.45, 7) is 0.743. The zero-order valence-electron chi connectivity index (χ0n) is 5.82. The molecule has 0 aromatic carbocycles. The highest BCUT2D eigenvalue weighted by atomic mass is 16.6. The Kier molecular flexibility index (Phi) is 1.35. The van der Waals surface area contributed by atoms with Gasteiger partial charge in [0.2, 0.25) is 0 Å². The molecule has 0 aromatic rings. The summed E-state index contributed by atoms with van der Waals surface area (Å²) >= 11 is 0. The van der Waals surface area contributed by atoms with Crippen molar-refractivity contribution in [3.8, 4) is 0 Å². The fourth-order valence-corrected chi connectivity index (χ4v) is 1.05. The maximum absolute atomic E-state index is 10.4. The van der Waals surface area contributed by atoms with Gasteiger partial charge in [0.05, 0.1) is 19.0 Å². The standard InChI is InChI=1S/C7H8O4/c8-7(9)5-3-11-6(5)1-4-2-10-4/h3-4,6H,1-2H2,(H,8,9). The third-order valence-corrected chi connectivity index (χ3v) is 1.83. The van der Waals surface area contributed by atoms with Gasteiger partial charge in [0.15, 0.2) is 0 Å². The molecule has 2 aliphatic heterocycles. The van der Waals surface area contributed by atoms with Crippen molar-refractivity contribution in [2.45, 2.75) is 18.6 Å². The van der Waals surface area contributed by atoms with Crippen LogP contribution in [-0.2, 0) is 14.3 Å². The summed E-state index contributed by atoms with van der Waals surface area (Å²) in [5.74, 6) is -0.887. The molecule has 4 nitrogen and oxygen atoms in total. The van der Waals surface area contributed by atoms with Gasteiger partial charge in [-0.05, 0) is 0 Å². The normalized spacial score (nSPS) is 33.3. The average molecular weight is 156 g/mol. The van der Waals surface area contributed by atoms with Gasteiger partial charge < -0.3 is 14.6 Å². The van der Waals surface area contributed by atoms with Crippen molar-refractivity contribution in [1.82, 2.24) is 0 Å². The SMILES string of the molecule is O=C(O)C1=COC1CC1CO1. The Morgan fingerprint density at radius 2 is 2.55 bits per heavy atom. The number of ether oxygens (including phenoxy) is 2. The first-order valence-corrected chi connectivity index (χ1v) is 3.48. The van der Waals surface area contributed by atoms with Crippen LogP contribution in [0.5, 0.6) is 0 Å². The second kappa shape index (κ2) is 2.23. The summed E-state index contributed by atoms with van der Waals surface area (Å²) < 4.78 is 9.88. The van der Waals surface area contributed by atoms with Crippen molar-refractivity contribution in [1.29, 1.82) is 0 Å². The van der Waals surface area contributed by atoms with E-state index >= 15 is 0 Å². The van der Waals surface area contributed by atoms with Crippen LogP contribution in [0.25, 0.3) is 0 Å². The third-order valence-electron chi connectivity index (χ3n) is 1.83. The van der Waals surface area contributed by atoms with Crippen LogP contribution in [0.2, 0.25) is 0 Å². The first-order chi connectivity index (χ1) is 5.27. The van der Waals surface area contributed by atoms with E-state index in [1.807, 2.05) is 0 Å². The molecule has 0 saturated carbocycles. The lowest BCUT2D eigenvalue weighted by Gasteiger charge is -2.24. The van der Waals surface area contributed by atoms with Crippen molar-refractivity contribution in [2.24, 2.45) is 0 Å². The molecule has 2 aliphatic rings. The van der Waals surface area contributed by atoms with Crippen LogP contribution in [0.3, 0.4) is 0 Å². The van der Waals surface area contributed by atoms with Crippen LogP contribution in [0.15, 0.2) is 11.8 Å². The summed E-state index contributed by atoms with van der Waals surface area (Å²) in [6.07, 6.45) is 1.95. The third kappa shape index (κ3) is 1.21. The summed E-state index contributed by atoms with van der Waals surface area (Å²) in [6, 6.07) is 0. The lowest BCUT2D eigenvalue weighted by atomic mass is 10.0. The summed E-state index contributed by atoms with van der Waals surface area (Å²) in [7, 11) is 0. The Balaban J connectivity index is 1.88. The minimum atomic E-state index is -0.887. The fourth-order valence-electron chi connectivity index (χ4n) is 1.05. The van der Waals surface area contributed by atoms with Crippen molar-refractivity contribution in [2.75, 3.05) is 6.61 Å². The molecule has 60 valence electrons. The molecule has 0 aliphatic carbocycles. The number of hydrogen-bond donors (Lipinski definition) is 1. The van der Waals surface area contributed by atoms with Crippen LogP contribution < -0.4 is 0 Å². The fraction of sp³-hybridized carbons (Fsp3) is 0.571. The molecule has 2 atom stereocenters. The predicted molar refractivity (Wildman–Crippen MR) is 34.9 cm³/mol. The average Bonchev–Trinajstić information content (AvgIpc) is 2.60. The van der Waals surface area contributed by atoms with Gasteiger partial charge in [0, 0.05) is 6.42 Å². The highest BCUT2D eigenvalue weighted by molar-refractivity contribution is 5.88. The molecule has 0 radical (unpaired) electrons. The molecule has 2 unspecified atom stereocenters. The van der Waals surface area contributed by atoms with E-state index in [4.69, 9.17) is 14.6 Å². The number of carboxylic acid groups (broad SMARTS) is 1. The van der Waals surface area contributed by atoms with Crippen molar-refractivity contribution < 1.29 is 19.4 Å². The van der Waals surface area contributed by atoms with Crippen LogP contribution in [0.4, 0.5) is 0 Å². The first-order valence-electron chi connectivity index (χ1n) is 3.48. The second-order valence-electron chi connectivity index (χ2n) is 2.69. The molecule has 0 bridgehead atoms. The van der Waals surface area contributed by atoms with Gasteiger partial charge in [-0.1, -0.05) is 0 Å². The first kappa shape index (κ1) is 6.67. The maximum atomic E-state index is 10.4. The van der Waals surface area contributed by atoms with Crippen LogP contribution in [0.1, 0.15) is 6.42 Å². The van der Waals surface area contributed by atoms with Crippen LogP contribution >= 0.6 is 0 Å². The quantitative estimate of drug-likeness (QED) is 0.590. The number of rotatable bonds is 3. The molecule has 2 rings (SSSR count). The highest BCUT2D eigenvalue weighted by Gasteiger charge is 2.36.